The maximum absolute atomic E-state index is 7.06. The van der Waals surface area contributed by atoms with Gasteiger partial charge in [-0.2, -0.15) is 4.98 Å². The summed E-state index contributed by atoms with van der Waals surface area (Å²) in [5.74, 6) is 0.906. The average molecular weight is 167 g/mol. The van der Waals surface area contributed by atoms with Gasteiger partial charge in [0.2, 0.25) is 5.90 Å². The van der Waals surface area contributed by atoms with Crippen LogP contribution < -0.4 is 0 Å². The number of hydrogen-bond acceptors (Lipinski definition) is 5. The Morgan fingerprint density at radius 1 is 1.83 bits per heavy atom. The zero-order chi connectivity index (χ0) is 8.97. The lowest BCUT2D eigenvalue weighted by Gasteiger charge is -1.97. The van der Waals surface area contributed by atoms with Crippen LogP contribution in [0.5, 0.6) is 0 Å². The van der Waals surface area contributed by atoms with Crippen molar-refractivity contribution in [2.24, 2.45) is 0 Å². The van der Waals surface area contributed by atoms with Crippen molar-refractivity contribution in [2.75, 3.05) is 0 Å². The molecule has 0 radical (unpaired) electrons. The largest absolute Gasteiger partial charge is 0.468 e. The number of ether oxygens (including phenoxy) is 1. The van der Waals surface area contributed by atoms with E-state index in [1.807, 2.05) is 0 Å². The van der Waals surface area contributed by atoms with E-state index in [1.165, 1.54) is 6.08 Å². The van der Waals surface area contributed by atoms with Crippen LogP contribution in [0.25, 0.3) is 0 Å². The summed E-state index contributed by atoms with van der Waals surface area (Å²) in [4.78, 5) is 3.88. The lowest BCUT2D eigenvalue weighted by molar-refractivity contribution is 0.232. The van der Waals surface area contributed by atoms with Crippen molar-refractivity contribution in [3.05, 3.63) is 24.4 Å². The summed E-state index contributed by atoms with van der Waals surface area (Å²) in [5.41, 5.74) is 0. The number of aryl methyl sites for hydroxylation is 1. The molecule has 1 N–H and O–H groups in total. The van der Waals surface area contributed by atoms with Crippen LogP contribution in [-0.2, 0) is 11.3 Å². The van der Waals surface area contributed by atoms with Gasteiger partial charge in [0.05, 0.1) is 0 Å². The van der Waals surface area contributed by atoms with E-state index in [-0.39, 0.29) is 12.5 Å². The van der Waals surface area contributed by atoms with E-state index >= 15 is 0 Å². The Bertz CT molecular complexity index is 293. The van der Waals surface area contributed by atoms with E-state index in [0.717, 1.165) is 0 Å². The molecule has 0 aliphatic heterocycles. The fourth-order valence-corrected chi connectivity index (χ4v) is 0.597. The van der Waals surface area contributed by atoms with Crippen LogP contribution in [-0.4, -0.2) is 16.0 Å². The molecule has 0 fully saturated rings. The highest BCUT2D eigenvalue weighted by atomic mass is 16.5. The zero-order valence-electron chi connectivity index (χ0n) is 6.70. The first-order valence-electron chi connectivity index (χ1n) is 3.35. The summed E-state index contributed by atoms with van der Waals surface area (Å²) in [5, 5.41) is 10.6. The Morgan fingerprint density at radius 3 is 3.08 bits per heavy atom. The van der Waals surface area contributed by atoms with Crippen LogP contribution >= 0.6 is 0 Å². The Labute approximate surface area is 69.6 Å². The van der Waals surface area contributed by atoms with Crippen LogP contribution in [0.3, 0.4) is 0 Å². The maximum atomic E-state index is 7.06. The second-order valence-electron chi connectivity index (χ2n) is 2.09. The Hall–Kier alpha value is -1.65. The molecule has 0 aliphatic rings. The second kappa shape index (κ2) is 3.66. The summed E-state index contributed by atoms with van der Waals surface area (Å²) in [6, 6.07) is 0. The van der Waals surface area contributed by atoms with Crippen LogP contribution in [0.4, 0.5) is 0 Å². The molecule has 1 aromatic heterocycles. The molecular formula is C7H9N3O2. The summed E-state index contributed by atoms with van der Waals surface area (Å²) >= 11 is 0. The van der Waals surface area contributed by atoms with E-state index in [2.05, 4.69) is 16.7 Å². The number of nitrogens with one attached hydrogen (secondary N) is 1. The van der Waals surface area contributed by atoms with Gasteiger partial charge in [0.25, 0.3) is 5.89 Å². The van der Waals surface area contributed by atoms with Gasteiger partial charge in [0.15, 0.2) is 12.4 Å². The van der Waals surface area contributed by atoms with E-state index in [9.17, 15) is 0 Å². The molecular weight excluding hydrogens is 158 g/mol. The maximum Gasteiger partial charge on any atom is 0.264 e. The fraction of sp³-hybridized carbons (Fsp3) is 0.286. The molecule has 1 aromatic rings. The van der Waals surface area contributed by atoms with Gasteiger partial charge in [0, 0.05) is 0 Å². The molecule has 12 heavy (non-hydrogen) atoms. The molecule has 0 saturated carbocycles. The third-order valence-electron chi connectivity index (χ3n) is 1.11. The molecule has 64 valence electrons. The molecule has 0 amide bonds. The van der Waals surface area contributed by atoms with Crippen LogP contribution in [0.15, 0.2) is 17.2 Å². The number of rotatable bonds is 3. The van der Waals surface area contributed by atoms with Gasteiger partial charge < -0.3 is 9.26 Å². The van der Waals surface area contributed by atoms with Gasteiger partial charge >= 0.3 is 0 Å². The highest BCUT2D eigenvalue weighted by molar-refractivity contribution is 5.83. The van der Waals surface area contributed by atoms with E-state index in [1.54, 1.807) is 6.92 Å². The number of nitrogens with zero attached hydrogens (tertiary/aromatic N) is 2. The Balaban J connectivity index is 2.43. The lowest BCUT2D eigenvalue weighted by atomic mass is 10.6. The molecule has 0 aliphatic carbocycles. The third-order valence-corrected chi connectivity index (χ3v) is 1.11. The minimum Gasteiger partial charge on any atom is -0.468 e. The van der Waals surface area contributed by atoms with Crippen LogP contribution in [0, 0.1) is 12.3 Å². The quantitative estimate of drug-likeness (QED) is 0.539. The van der Waals surface area contributed by atoms with Crippen molar-refractivity contribution in [3.63, 3.8) is 0 Å². The van der Waals surface area contributed by atoms with E-state index in [4.69, 9.17) is 14.7 Å². The van der Waals surface area contributed by atoms with Gasteiger partial charge in [0.1, 0.15) is 0 Å². The van der Waals surface area contributed by atoms with E-state index < -0.39 is 0 Å². The molecule has 0 bridgehead atoms. The minimum absolute atomic E-state index is 0.00847. The van der Waals surface area contributed by atoms with Crippen molar-refractivity contribution in [3.8, 4) is 0 Å². The Morgan fingerprint density at radius 2 is 2.58 bits per heavy atom. The first-order valence-corrected chi connectivity index (χ1v) is 3.35. The van der Waals surface area contributed by atoms with Crippen molar-refractivity contribution >= 4 is 5.90 Å². The Kier molecular flexibility index (Phi) is 2.57. The normalized spacial score (nSPS) is 9.42. The number of hydrogen-bond donors (Lipinski definition) is 1. The molecule has 0 aromatic carbocycles. The summed E-state index contributed by atoms with van der Waals surface area (Å²) < 4.78 is 9.60. The summed E-state index contributed by atoms with van der Waals surface area (Å²) in [7, 11) is 0. The van der Waals surface area contributed by atoms with Crippen molar-refractivity contribution < 1.29 is 9.26 Å². The van der Waals surface area contributed by atoms with Crippen LogP contribution in [0.1, 0.15) is 11.7 Å². The molecule has 1 rings (SSSR count). The first-order chi connectivity index (χ1) is 5.72. The molecule has 0 atom stereocenters. The summed E-state index contributed by atoms with van der Waals surface area (Å²) in [6.45, 7) is 5.19. The monoisotopic (exact) mass is 167 g/mol. The lowest BCUT2D eigenvalue weighted by Crippen LogP contribution is -1.99. The van der Waals surface area contributed by atoms with Crippen molar-refractivity contribution in [2.45, 2.75) is 13.5 Å². The summed E-state index contributed by atoms with van der Waals surface area (Å²) in [6.07, 6.45) is 1.29. The highest BCUT2D eigenvalue weighted by Gasteiger charge is 2.02. The highest BCUT2D eigenvalue weighted by Crippen LogP contribution is 1.98. The molecule has 5 nitrogen and oxygen atoms in total. The average Bonchev–Trinajstić information content (AvgIpc) is 2.47. The van der Waals surface area contributed by atoms with E-state index in [0.29, 0.717) is 11.7 Å². The van der Waals surface area contributed by atoms with Gasteiger partial charge in [-0.1, -0.05) is 11.7 Å². The third kappa shape index (κ3) is 2.19. The molecule has 1 heterocycles. The molecule has 0 unspecified atom stereocenters. The zero-order valence-corrected chi connectivity index (χ0v) is 6.70. The SMILES string of the molecule is C=CC(=N)OCc1nc(C)no1. The fourth-order valence-electron chi connectivity index (χ4n) is 0.597. The number of aromatic nitrogens is 2. The van der Waals surface area contributed by atoms with Crippen LogP contribution in [0.2, 0.25) is 0 Å². The predicted octanol–water partition coefficient (Wildman–Crippen LogP) is 1.06. The first kappa shape index (κ1) is 8.45. The van der Waals surface area contributed by atoms with Gasteiger partial charge in [-0.15, -0.1) is 0 Å². The van der Waals surface area contributed by atoms with Gasteiger partial charge in [-0.05, 0) is 13.0 Å². The predicted molar refractivity (Wildman–Crippen MR) is 41.7 cm³/mol. The second-order valence-corrected chi connectivity index (χ2v) is 2.09. The van der Waals surface area contributed by atoms with Gasteiger partial charge in [-0.3, -0.25) is 5.41 Å². The van der Waals surface area contributed by atoms with Crippen molar-refractivity contribution in [1.82, 2.24) is 10.1 Å². The molecule has 0 spiro atoms. The van der Waals surface area contributed by atoms with Crippen molar-refractivity contribution in [1.29, 1.82) is 5.41 Å². The standard InChI is InChI=1S/C7H9N3O2/c1-3-6(8)11-4-7-9-5(2)10-12-7/h3,8H,1,4H2,2H3. The minimum atomic E-state index is -0.00847. The topological polar surface area (TPSA) is 72.0 Å². The molecule has 0 saturated heterocycles. The molecule has 5 heteroatoms. The smallest absolute Gasteiger partial charge is 0.264 e. The van der Waals surface area contributed by atoms with Gasteiger partial charge in [-0.25, -0.2) is 0 Å².